The number of benzene rings is 1. The molecule has 1 unspecified atom stereocenters. The first kappa shape index (κ1) is 16.1. The van der Waals surface area contributed by atoms with Crippen LogP contribution in [0.15, 0.2) is 35.9 Å². The minimum Gasteiger partial charge on any atom is -0.307 e. The van der Waals surface area contributed by atoms with Gasteiger partial charge in [0.25, 0.3) is 0 Å². The second-order valence-electron chi connectivity index (χ2n) is 5.54. The Bertz CT molecular complexity index is 491. The number of allylic oxidation sites excluding steroid dienone is 1. The number of halogens is 3. The monoisotopic (exact) mass is 297 g/mol. The predicted molar refractivity (Wildman–Crippen MR) is 79.0 cm³/mol. The second kappa shape index (κ2) is 7.12. The van der Waals surface area contributed by atoms with E-state index >= 15 is 0 Å². The van der Waals surface area contributed by atoms with Crippen molar-refractivity contribution in [1.82, 2.24) is 5.32 Å². The fraction of sp³-hybridized carbons (Fsp3) is 0.529. The Balaban J connectivity index is 2.29. The van der Waals surface area contributed by atoms with Crippen molar-refractivity contribution < 1.29 is 13.2 Å². The summed E-state index contributed by atoms with van der Waals surface area (Å²) < 4.78 is 38.7. The topological polar surface area (TPSA) is 12.0 Å². The summed E-state index contributed by atoms with van der Waals surface area (Å²) in [5.74, 6) is 0. The summed E-state index contributed by atoms with van der Waals surface area (Å²) in [6, 6.07) is 5.62. The zero-order valence-corrected chi connectivity index (χ0v) is 12.3. The average molecular weight is 297 g/mol. The van der Waals surface area contributed by atoms with Crippen LogP contribution in [0, 0.1) is 0 Å². The van der Waals surface area contributed by atoms with E-state index < -0.39 is 11.7 Å². The number of hydrogen-bond acceptors (Lipinski definition) is 1. The summed E-state index contributed by atoms with van der Waals surface area (Å²) in [4.78, 5) is 0. The minimum atomic E-state index is -4.29. The van der Waals surface area contributed by atoms with E-state index in [2.05, 4.69) is 18.3 Å². The lowest BCUT2D eigenvalue weighted by Gasteiger charge is -2.25. The van der Waals surface area contributed by atoms with Gasteiger partial charge in [0.2, 0.25) is 0 Å². The molecule has 0 heterocycles. The molecule has 4 heteroatoms. The van der Waals surface area contributed by atoms with Crippen LogP contribution in [0.4, 0.5) is 13.2 Å². The van der Waals surface area contributed by atoms with Gasteiger partial charge < -0.3 is 5.32 Å². The summed E-state index contributed by atoms with van der Waals surface area (Å²) in [6.07, 6.45) is 3.16. The lowest BCUT2D eigenvalue weighted by Crippen LogP contribution is -2.25. The zero-order valence-electron chi connectivity index (χ0n) is 12.3. The molecular weight excluding hydrogens is 275 g/mol. The SMILES string of the molecule is CCCNC(C1=CCCCC1)c1cccc(C(F)(F)F)c1. The first-order valence-electron chi connectivity index (χ1n) is 7.62. The van der Waals surface area contributed by atoms with Gasteiger partial charge in [-0.25, -0.2) is 0 Å². The van der Waals surface area contributed by atoms with Crippen LogP contribution < -0.4 is 5.32 Å². The van der Waals surface area contributed by atoms with Gasteiger partial charge >= 0.3 is 6.18 Å². The maximum atomic E-state index is 12.9. The van der Waals surface area contributed by atoms with E-state index in [4.69, 9.17) is 0 Å². The molecule has 1 N–H and O–H groups in total. The molecule has 0 amide bonds. The third-order valence-corrected chi connectivity index (χ3v) is 3.84. The van der Waals surface area contributed by atoms with E-state index in [1.165, 1.54) is 24.1 Å². The molecule has 0 saturated carbocycles. The number of alkyl halides is 3. The highest BCUT2D eigenvalue weighted by atomic mass is 19.4. The maximum Gasteiger partial charge on any atom is 0.416 e. The molecule has 0 bridgehead atoms. The molecule has 1 nitrogen and oxygen atoms in total. The number of nitrogens with one attached hydrogen (secondary N) is 1. The summed E-state index contributed by atoms with van der Waals surface area (Å²) >= 11 is 0. The van der Waals surface area contributed by atoms with Crippen molar-refractivity contribution in [3.8, 4) is 0 Å². The number of hydrogen-bond donors (Lipinski definition) is 1. The molecule has 0 spiro atoms. The van der Waals surface area contributed by atoms with E-state index in [9.17, 15) is 13.2 Å². The van der Waals surface area contributed by atoms with Crippen LogP contribution in [0.2, 0.25) is 0 Å². The lowest BCUT2D eigenvalue weighted by atomic mass is 9.89. The molecule has 0 aliphatic heterocycles. The molecule has 0 radical (unpaired) electrons. The largest absolute Gasteiger partial charge is 0.416 e. The smallest absolute Gasteiger partial charge is 0.307 e. The van der Waals surface area contributed by atoms with Gasteiger partial charge in [0.1, 0.15) is 0 Å². The summed E-state index contributed by atoms with van der Waals surface area (Å²) in [7, 11) is 0. The fourth-order valence-electron chi connectivity index (χ4n) is 2.77. The standard InChI is InChI=1S/C17H22F3N/c1-2-11-21-16(13-7-4-3-5-8-13)14-9-6-10-15(12-14)17(18,19)20/h6-7,9-10,12,16,21H,2-5,8,11H2,1H3. The van der Waals surface area contributed by atoms with Crippen molar-refractivity contribution in [3.63, 3.8) is 0 Å². The molecule has 0 fully saturated rings. The van der Waals surface area contributed by atoms with Gasteiger partial charge in [0.15, 0.2) is 0 Å². The van der Waals surface area contributed by atoms with Crippen LogP contribution in [-0.2, 0) is 6.18 Å². The molecule has 1 aliphatic rings. The summed E-state index contributed by atoms with van der Waals surface area (Å²) in [6.45, 7) is 2.86. The van der Waals surface area contributed by atoms with Crippen molar-refractivity contribution >= 4 is 0 Å². The lowest BCUT2D eigenvalue weighted by molar-refractivity contribution is -0.137. The quantitative estimate of drug-likeness (QED) is 0.732. The van der Waals surface area contributed by atoms with Crippen LogP contribution in [0.5, 0.6) is 0 Å². The van der Waals surface area contributed by atoms with Gasteiger partial charge in [0.05, 0.1) is 11.6 Å². The van der Waals surface area contributed by atoms with Gasteiger partial charge in [-0.1, -0.05) is 30.7 Å². The minimum absolute atomic E-state index is 0.0902. The van der Waals surface area contributed by atoms with Gasteiger partial charge in [-0.15, -0.1) is 0 Å². The van der Waals surface area contributed by atoms with Gasteiger partial charge in [-0.05, 0) is 56.3 Å². The van der Waals surface area contributed by atoms with Gasteiger partial charge in [-0.2, -0.15) is 13.2 Å². The first-order valence-corrected chi connectivity index (χ1v) is 7.62. The van der Waals surface area contributed by atoms with Crippen LogP contribution in [0.25, 0.3) is 0 Å². The van der Waals surface area contributed by atoms with E-state index in [0.29, 0.717) is 5.56 Å². The van der Waals surface area contributed by atoms with Crippen molar-refractivity contribution in [3.05, 3.63) is 47.0 Å². The molecule has 116 valence electrons. The van der Waals surface area contributed by atoms with Crippen molar-refractivity contribution in [1.29, 1.82) is 0 Å². The Hall–Kier alpha value is -1.29. The molecule has 21 heavy (non-hydrogen) atoms. The Morgan fingerprint density at radius 1 is 1.24 bits per heavy atom. The molecule has 1 atom stereocenters. The highest BCUT2D eigenvalue weighted by Gasteiger charge is 2.31. The van der Waals surface area contributed by atoms with Gasteiger partial charge in [0, 0.05) is 0 Å². The van der Waals surface area contributed by atoms with E-state index in [1.807, 2.05) is 0 Å². The Morgan fingerprint density at radius 2 is 2.05 bits per heavy atom. The van der Waals surface area contributed by atoms with Crippen molar-refractivity contribution in [2.75, 3.05) is 6.54 Å². The van der Waals surface area contributed by atoms with Crippen LogP contribution in [-0.4, -0.2) is 6.54 Å². The van der Waals surface area contributed by atoms with Crippen LogP contribution >= 0.6 is 0 Å². The van der Waals surface area contributed by atoms with Crippen LogP contribution in [0.3, 0.4) is 0 Å². The molecular formula is C17H22F3N. The Kier molecular flexibility index (Phi) is 5.45. The van der Waals surface area contributed by atoms with Crippen molar-refractivity contribution in [2.45, 2.75) is 51.2 Å². The molecule has 0 aromatic heterocycles. The van der Waals surface area contributed by atoms with Gasteiger partial charge in [-0.3, -0.25) is 0 Å². The fourth-order valence-corrected chi connectivity index (χ4v) is 2.77. The molecule has 1 aliphatic carbocycles. The third kappa shape index (κ3) is 4.34. The summed E-state index contributed by atoms with van der Waals surface area (Å²) in [5.41, 5.74) is 1.38. The second-order valence-corrected chi connectivity index (χ2v) is 5.54. The third-order valence-electron chi connectivity index (χ3n) is 3.84. The Labute approximate surface area is 124 Å². The average Bonchev–Trinajstić information content (AvgIpc) is 2.48. The molecule has 1 aromatic rings. The normalized spacial score (nSPS) is 17.4. The zero-order chi connectivity index (χ0) is 15.3. The molecule has 1 aromatic carbocycles. The van der Waals surface area contributed by atoms with Crippen molar-refractivity contribution in [2.24, 2.45) is 0 Å². The highest BCUT2D eigenvalue weighted by molar-refractivity contribution is 5.33. The highest BCUT2D eigenvalue weighted by Crippen LogP contribution is 2.34. The maximum absolute atomic E-state index is 12.9. The van der Waals surface area contributed by atoms with E-state index in [1.54, 1.807) is 6.07 Å². The predicted octanol–water partition coefficient (Wildman–Crippen LogP) is 5.25. The molecule has 0 saturated heterocycles. The first-order chi connectivity index (χ1) is 10.0. The van der Waals surface area contributed by atoms with E-state index in [-0.39, 0.29) is 6.04 Å². The van der Waals surface area contributed by atoms with E-state index in [0.717, 1.165) is 38.3 Å². The summed E-state index contributed by atoms with van der Waals surface area (Å²) in [5, 5.41) is 3.40. The Morgan fingerprint density at radius 3 is 2.67 bits per heavy atom. The number of rotatable bonds is 5. The molecule has 2 rings (SSSR count). The van der Waals surface area contributed by atoms with Crippen LogP contribution in [0.1, 0.15) is 56.2 Å².